The molecule has 0 amide bonds. The zero-order valence-electron chi connectivity index (χ0n) is 17.9. The molecular formula is C24H27ClN4O2S. The SMILES string of the molecule is O=[S@@]1c2c(nc(N3CC=C(c4ccc(Cl)cc4)CC3)nc2NC2(CO)CCC2)CC12CC2. The molecule has 2 N–H and O–H groups in total. The van der Waals surface area contributed by atoms with Gasteiger partial charge >= 0.3 is 0 Å². The summed E-state index contributed by atoms with van der Waals surface area (Å²) in [7, 11) is -1.08. The minimum atomic E-state index is -1.08. The number of nitrogens with zero attached hydrogens (tertiary/aromatic N) is 3. The van der Waals surface area contributed by atoms with Gasteiger partial charge in [-0.1, -0.05) is 29.8 Å². The van der Waals surface area contributed by atoms with Crippen molar-refractivity contribution in [1.82, 2.24) is 9.97 Å². The van der Waals surface area contributed by atoms with Crippen LogP contribution < -0.4 is 10.2 Å². The Balaban J connectivity index is 1.31. The zero-order valence-corrected chi connectivity index (χ0v) is 19.5. The summed E-state index contributed by atoms with van der Waals surface area (Å²) in [6.07, 6.45) is 8.80. The topological polar surface area (TPSA) is 78.4 Å². The van der Waals surface area contributed by atoms with Gasteiger partial charge in [-0.25, -0.2) is 4.98 Å². The van der Waals surface area contributed by atoms with Crippen LogP contribution in [0.4, 0.5) is 11.8 Å². The van der Waals surface area contributed by atoms with Crippen LogP contribution in [0, 0.1) is 0 Å². The van der Waals surface area contributed by atoms with Gasteiger partial charge in [-0.15, -0.1) is 0 Å². The van der Waals surface area contributed by atoms with Crippen LogP contribution in [0.1, 0.15) is 49.8 Å². The van der Waals surface area contributed by atoms with Gasteiger partial charge in [0, 0.05) is 24.5 Å². The fraction of sp³-hybridized carbons (Fsp3) is 0.500. The summed E-state index contributed by atoms with van der Waals surface area (Å²) in [6, 6.07) is 7.98. The van der Waals surface area contributed by atoms with E-state index in [1.54, 1.807) is 0 Å². The number of hydrogen-bond donors (Lipinski definition) is 2. The summed E-state index contributed by atoms with van der Waals surface area (Å²) in [4.78, 5) is 12.8. The Morgan fingerprint density at radius 2 is 1.94 bits per heavy atom. The first kappa shape index (κ1) is 20.6. The van der Waals surface area contributed by atoms with Gasteiger partial charge < -0.3 is 15.3 Å². The van der Waals surface area contributed by atoms with Gasteiger partial charge in [0.05, 0.1) is 33.4 Å². The third kappa shape index (κ3) is 3.37. The van der Waals surface area contributed by atoms with E-state index in [-0.39, 0.29) is 16.9 Å². The predicted molar refractivity (Wildman–Crippen MR) is 128 cm³/mol. The highest BCUT2D eigenvalue weighted by molar-refractivity contribution is 7.87. The summed E-state index contributed by atoms with van der Waals surface area (Å²) in [5.74, 6) is 1.37. The van der Waals surface area contributed by atoms with E-state index in [9.17, 15) is 9.32 Å². The second kappa shape index (κ2) is 7.54. The van der Waals surface area contributed by atoms with Crippen LogP contribution in [0.15, 0.2) is 35.2 Å². The predicted octanol–water partition coefficient (Wildman–Crippen LogP) is 3.95. The second-order valence-electron chi connectivity index (χ2n) is 9.63. The third-order valence-electron chi connectivity index (χ3n) is 7.50. The third-order valence-corrected chi connectivity index (χ3v) is 9.89. The minimum absolute atomic E-state index is 0.0653. The van der Waals surface area contributed by atoms with Crippen molar-refractivity contribution < 1.29 is 9.32 Å². The van der Waals surface area contributed by atoms with Crippen LogP contribution >= 0.6 is 11.6 Å². The molecule has 3 heterocycles. The van der Waals surface area contributed by atoms with Crippen molar-refractivity contribution in [2.45, 2.75) is 60.1 Å². The van der Waals surface area contributed by atoms with Gasteiger partial charge in [0.1, 0.15) is 10.7 Å². The highest BCUT2D eigenvalue weighted by Crippen LogP contribution is 2.54. The van der Waals surface area contributed by atoms with Crippen LogP contribution in [0.2, 0.25) is 5.02 Å². The first-order valence-corrected chi connectivity index (χ1v) is 13.0. The molecule has 4 aliphatic rings. The van der Waals surface area contributed by atoms with E-state index in [4.69, 9.17) is 21.6 Å². The molecule has 6 nitrogen and oxygen atoms in total. The van der Waals surface area contributed by atoms with E-state index in [2.05, 4.69) is 28.4 Å². The van der Waals surface area contributed by atoms with Crippen LogP contribution in [0.5, 0.6) is 0 Å². The fourth-order valence-corrected chi connectivity index (χ4v) is 6.97. The summed E-state index contributed by atoms with van der Waals surface area (Å²) in [5.41, 5.74) is 3.09. The van der Waals surface area contributed by atoms with Gasteiger partial charge in [0.15, 0.2) is 0 Å². The lowest BCUT2D eigenvalue weighted by Gasteiger charge is -2.41. The molecule has 0 saturated heterocycles. The van der Waals surface area contributed by atoms with Crippen LogP contribution in [-0.4, -0.2) is 49.3 Å². The average molecular weight is 471 g/mol. The van der Waals surface area contributed by atoms with Crippen molar-refractivity contribution in [3.63, 3.8) is 0 Å². The Hall–Kier alpha value is -1.96. The molecule has 0 radical (unpaired) electrons. The summed E-state index contributed by atoms with van der Waals surface area (Å²) < 4.78 is 13.2. The Morgan fingerprint density at radius 1 is 1.16 bits per heavy atom. The first-order chi connectivity index (χ1) is 15.5. The van der Waals surface area contributed by atoms with Gasteiger partial charge in [0.25, 0.3) is 0 Å². The van der Waals surface area contributed by atoms with E-state index in [1.807, 2.05) is 12.1 Å². The van der Waals surface area contributed by atoms with Crippen molar-refractivity contribution in [2.24, 2.45) is 0 Å². The quantitative estimate of drug-likeness (QED) is 0.689. The number of halogens is 1. The fourth-order valence-electron chi connectivity index (χ4n) is 5.07. The van der Waals surface area contributed by atoms with E-state index in [0.29, 0.717) is 11.8 Å². The van der Waals surface area contributed by atoms with E-state index >= 15 is 0 Å². The van der Waals surface area contributed by atoms with Crippen molar-refractivity contribution in [3.8, 4) is 0 Å². The van der Waals surface area contributed by atoms with Crippen molar-refractivity contribution in [1.29, 1.82) is 0 Å². The zero-order chi connectivity index (χ0) is 21.9. The van der Waals surface area contributed by atoms with Crippen LogP contribution in [0.3, 0.4) is 0 Å². The molecular weight excluding hydrogens is 444 g/mol. The molecule has 2 aliphatic heterocycles. The maximum absolute atomic E-state index is 13.3. The molecule has 168 valence electrons. The summed E-state index contributed by atoms with van der Waals surface area (Å²) in [5, 5.41) is 14.2. The molecule has 1 aromatic heterocycles. The highest BCUT2D eigenvalue weighted by atomic mass is 35.5. The first-order valence-electron chi connectivity index (χ1n) is 11.4. The number of hydrogen-bond acceptors (Lipinski definition) is 6. The monoisotopic (exact) mass is 470 g/mol. The highest BCUT2D eigenvalue weighted by Gasteiger charge is 2.56. The molecule has 6 rings (SSSR count). The molecule has 1 atom stereocenters. The number of nitrogens with one attached hydrogen (secondary N) is 1. The van der Waals surface area contributed by atoms with Crippen LogP contribution in [0.25, 0.3) is 5.57 Å². The van der Waals surface area contributed by atoms with Gasteiger partial charge in [-0.3, -0.25) is 4.21 Å². The number of aliphatic hydroxyl groups is 1. The molecule has 2 fully saturated rings. The molecule has 1 spiro atoms. The Bertz CT molecular complexity index is 1120. The molecule has 2 saturated carbocycles. The maximum Gasteiger partial charge on any atom is 0.227 e. The van der Waals surface area contributed by atoms with Crippen molar-refractivity contribution >= 4 is 39.7 Å². The van der Waals surface area contributed by atoms with E-state index in [1.165, 1.54) is 11.1 Å². The van der Waals surface area contributed by atoms with Crippen molar-refractivity contribution in [2.75, 3.05) is 29.9 Å². The summed E-state index contributed by atoms with van der Waals surface area (Å²) in [6.45, 7) is 1.62. The molecule has 8 heteroatoms. The Morgan fingerprint density at radius 3 is 2.53 bits per heavy atom. The number of aliphatic hydroxyl groups excluding tert-OH is 1. The largest absolute Gasteiger partial charge is 0.394 e. The molecule has 2 aliphatic carbocycles. The Kier molecular flexibility index (Phi) is 4.86. The smallest absolute Gasteiger partial charge is 0.227 e. The van der Waals surface area contributed by atoms with E-state index in [0.717, 1.165) is 73.6 Å². The van der Waals surface area contributed by atoms with E-state index < -0.39 is 10.8 Å². The van der Waals surface area contributed by atoms with Gasteiger partial charge in [-0.05, 0) is 61.8 Å². The summed E-state index contributed by atoms with van der Waals surface area (Å²) >= 11 is 6.03. The standard InChI is InChI=1S/C24H27ClN4O2S/c25-18-4-2-16(3-5-18)17-6-12-29(13-7-17)22-26-19-14-24(10-11-24)32(31)20(19)21(27-22)28-23(15-30)8-1-9-23/h2-6,30H,1,7-15H2,(H,26,27,28)/t32-/m1/s1. The number of aromatic nitrogens is 2. The molecule has 2 aromatic rings. The minimum Gasteiger partial charge on any atom is -0.394 e. The lowest BCUT2D eigenvalue weighted by atomic mass is 9.77. The molecule has 32 heavy (non-hydrogen) atoms. The Labute approximate surface area is 195 Å². The maximum atomic E-state index is 13.3. The normalized spacial score (nSPS) is 24.6. The number of rotatable bonds is 5. The molecule has 1 aromatic carbocycles. The number of anilines is 2. The van der Waals surface area contributed by atoms with Crippen molar-refractivity contribution in [3.05, 3.63) is 46.6 Å². The lowest BCUT2D eigenvalue weighted by Crippen LogP contribution is -2.48. The number of benzene rings is 1. The second-order valence-corrected chi connectivity index (χ2v) is 11.9. The molecule has 0 unspecified atom stereocenters. The molecule has 0 bridgehead atoms. The lowest BCUT2D eigenvalue weighted by molar-refractivity contribution is 0.143. The number of fused-ring (bicyclic) bond motifs is 1. The average Bonchev–Trinajstić information content (AvgIpc) is 3.51. The van der Waals surface area contributed by atoms with Crippen LogP contribution in [-0.2, 0) is 17.2 Å². The van der Waals surface area contributed by atoms with Gasteiger partial charge in [0.2, 0.25) is 5.95 Å². The van der Waals surface area contributed by atoms with Gasteiger partial charge in [-0.2, -0.15) is 4.98 Å².